The molecule has 0 unspecified atom stereocenters. The van der Waals surface area contributed by atoms with Gasteiger partial charge >= 0.3 is 0 Å². The molecule has 132 valence electrons. The summed E-state index contributed by atoms with van der Waals surface area (Å²) in [6.07, 6.45) is 4.80. The van der Waals surface area contributed by atoms with E-state index in [-0.39, 0.29) is 23.1 Å². The highest BCUT2D eigenvalue weighted by atomic mass is 35.5. The van der Waals surface area contributed by atoms with Crippen molar-refractivity contribution in [1.82, 2.24) is 9.97 Å². The molecule has 0 spiro atoms. The van der Waals surface area contributed by atoms with Crippen LogP contribution in [0.15, 0.2) is 23.1 Å². The van der Waals surface area contributed by atoms with Crippen LogP contribution >= 0.6 is 23.4 Å². The first-order valence-corrected chi connectivity index (χ1v) is 9.85. The van der Waals surface area contributed by atoms with Gasteiger partial charge in [-0.25, -0.2) is 9.37 Å². The van der Waals surface area contributed by atoms with Crippen LogP contribution < -0.4 is 5.32 Å². The fourth-order valence-electron chi connectivity index (χ4n) is 3.50. The molecule has 1 aromatic heterocycles. The number of aliphatic hydroxyl groups excluding tert-OH is 1. The molecular weight excluding hydrogens is 361 g/mol. The first-order chi connectivity index (χ1) is 12.1. The number of benzene rings is 1. The number of thioether (sulfide) groups is 1. The first-order valence-electron chi connectivity index (χ1n) is 8.48. The highest BCUT2D eigenvalue weighted by Crippen LogP contribution is 2.44. The molecule has 1 aliphatic carbocycles. The third-order valence-corrected chi connectivity index (χ3v) is 6.54. The van der Waals surface area contributed by atoms with E-state index in [0.29, 0.717) is 11.5 Å². The van der Waals surface area contributed by atoms with Gasteiger partial charge in [-0.05, 0) is 60.7 Å². The molecule has 1 aromatic carbocycles. The molecule has 2 heterocycles. The van der Waals surface area contributed by atoms with E-state index in [9.17, 15) is 9.50 Å². The van der Waals surface area contributed by atoms with E-state index in [1.165, 1.54) is 6.07 Å². The van der Waals surface area contributed by atoms with Crippen molar-refractivity contribution < 1.29 is 9.50 Å². The van der Waals surface area contributed by atoms with Gasteiger partial charge in [0.05, 0.1) is 22.9 Å². The van der Waals surface area contributed by atoms with Crippen LogP contribution in [-0.4, -0.2) is 27.4 Å². The Kier molecular flexibility index (Phi) is 4.60. The number of aromatic nitrogens is 2. The van der Waals surface area contributed by atoms with E-state index in [2.05, 4.69) is 15.3 Å². The van der Waals surface area contributed by atoms with Crippen LogP contribution in [0, 0.1) is 5.82 Å². The number of hydrogen-bond donors (Lipinski definition) is 2. The smallest absolute Gasteiger partial charge is 0.224 e. The van der Waals surface area contributed by atoms with Gasteiger partial charge in [-0.15, -0.1) is 11.8 Å². The van der Waals surface area contributed by atoms with Gasteiger partial charge in [-0.3, -0.25) is 0 Å². The summed E-state index contributed by atoms with van der Waals surface area (Å²) in [6.45, 7) is 0.0604. The van der Waals surface area contributed by atoms with Crippen molar-refractivity contribution in [2.45, 2.75) is 42.4 Å². The van der Waals surface area contributed by atoms with Gasteiger partial charge in [0.2, 0.25) is 5.28 Å². The summed E-state index contributed by atoms with van der Waals surface area (Å²) in [5.41, 5.74) is 1.87. The molecular formula is C18H19ClFN3OS. The number of aliphatic hydroxyl groups is 1. The summed E-state index contributed by atoms with van der Waals surface area (Å²) in [5, 5.41) is 12.9. The molecule has 1 saturated carbocycles. The molecule has 0 amide bonds. The van der Waals surface area contributed by atoms with Gasteiger partial charge in [0.15, 0.2) is 0 Å². The molecule has 2 aliphatic rings. The fourth-order valence-corrected chi connectivity index (χ4v) is 4.73. The average molecular weight is 380 g/mol. The topological polar surface area (TPSA) is 58.0 Å². The Balaban J connectivity index is 1.65. The SMILES string of the molecule is OCC1(c2ccc(Nc3nc(Cl)nc4c3SCCC4)c(F)c2)CCC1. The van der Waals surface area contributed by atoms with Crippen LogP contribution in [0.4, 0.5) is 15.9 Å². The van der Waals surface area contributed by atoms with E-state index in [0.717, 1.165) is 54.0 Å². The Hall–Kier alpha value is -1.37. The lowest BCUT2D eigenvalue weighted by atomic mass is 9.65. The Morgan fingerprint density at radius 3 is 2.80 bits per heavy atom. The van der Waals surface area contributed by atoms with Gasteiger partial charge in [-0.2, -0.15) is 4.98 Å². The summed E-state index contributed by atoms with van der Waals surface area (Å²) in [5.74, 6) is 1.21. The standard InChI is InChI=1S/C18H19ClFN3OS/c19-17-22-14-3-1-8-25-15(14)16(23-17)21-13-5-4-11(9-12(13)20)18(10-24)6-2-7-18/h4-5,9,24H,1-3,6-8,10H2,(H,21,22,23). The van der Waals surface area contributed by atoms with Crippen molar-refractivity contribution in [1.29, 1.82) is 0 Å². The summed E-state index contributed by atoms with van der Waals surface area (Å²) < 4.78 is 14.7. The second-order valence-corrected chi connectivity index (χ2v) is 8.12. The molecule has 2 aromatic rings. The lowest BCUT2D eigenvalue weighted by Crippen LogP contribution is -2.37. The molecule has 2 N–H and O–H groups in total. The fraction of sp³-hybridized carbons (Fsp3) is 0.444. The predicted octanol–water partition coefficient (Wildman–Crippen LogP) is 4.47. The predicted molar refractivity (Wildman–Crippen MR) is 98.4 cm³/mol. The number of nitrogens with zero attached hydrogens (tertiary/aromatic N) is 2. The molecule has 1 aliphatic heterocycles. The Morgan fingerprint density at radius 1 is 1.28 bits per heavy atom. The number of halogens is 2. The zero-order valence-electron chi connectivity index (χ0n) is 13.7. The van der Waals surface area contributed by atoms with Crippen LogP contribution in [0.3, 0.4) is 0 Å². The maximum absolute atomic E-state index is 14.7. The highest BCUT2D eigenvalue weighted by Gasteiger charge is 2.38. The van der Waals surface area contributed by atoms with E-state index in [4.69, 9.17) is 11.6 Å². The second kappa shape index (κ2) is 6.74. The van der Waals surface area contributed by atoms with Crippen molar-refractivity contribution in [2.75, 3.05) is 17.7 Å². The van der Waals surface area contributed by atoms with Crippen molar-refractivity contribution in [3.8, 4) is 0 Å². The quantitative estimate of drug-likeness (QED) is 0.768. The number of anilines is 2. The van der Waals surface area contributed by atoms with Gasteiger partial charge in [0.25, 0.3) is 0 Å². The summed E-state index contributed by atoms with van der Waals surface area (Å²) >= 11 is 7.70. The maximum Gasteiger partial charge on any atom is 0.224 e. The van der Waals surface area contributed by atoms with Crippen molar-refractivity contribution >= 4 is 34.9 Å². The summed E-state index contributed by atoms with van der Waals surface area (Å²) in [6, 6.07) is 5.14. The second-order valence-electron chi connectivity index (χ2n) is 6.68. The lowest BCUT2D eigenvalue weighted by molar-refractivity contribution is 0.120. The zero-order chi connectivity index (χ0) is 17.4. The monoisotopic (exact) mass is 379 g/mol. The molecule has 25 heavy (non-hydrogen) atoms. The van der Waals surface area contributed by atoms with Crippen molar-refractivity contribution in [3.05, 3.63) is 40.6 Å². The van der Waals surface area contributed by atoms with Gasteiger partial charge in [0, 0.05) is 5.41 Å². The van der Waals surface area contributed by atoms with E-state index in [1.807, 2.05) is 6.07 Å². The van der Waals surface area contributed by atoms with E-state index < -0.39 is 0 Å². The zero-order valence-corrected chi connectivity index (χ0v) is 15.3. The Labute approximate surface area is 155 Å². The number of nitrogens with one attached hydrogen (secondary N) is 1. The number of aryl methyl sites for hydroxylation is 1. The molecule has 0 radical (unpaired) electrons. The minimum atomic E-state index is -0.346. The Morgan fingerprint density at radius 2 is 2.12 bits per heavy atom. The summed E-state index contributed by atoms with van der Waals surface area (Å²) in [4.78, 5) is 9.49. The minimum Gasteiger partial charge on any atom is -0.395 e. The number of fused-ring (bicyclic) bond motifs is 1. The van der Waals surface area contributed by atoms with E-state index in [1.54, 1.807) is 17.8 Å². The molecule has 7 heteroatoms. The lowest BCUT2D eigenvalue weighted by Gasteiger charge is -2.41. The molecule has 1 fully saturated rings. The van der Waals surface area contributed by atoms with E-state index >= 15 is 0 Å². The summed E-state index contributed by atoms with van der Waals surface area (Å²) in [7, 11) is 0. The molecule has 4 rings (SSSR count). The molecule has 0 atom stereocenters. The third kappa shape index (κ3) is 3.11. The average Bonchev–Trinajstić information content (AvgIpc) is 2.56. The molecule has 0 saturated heterocycles. The van der Waals surface area contributed by atoms with Crippen LogP contribution in [0.2, 0.25) is 5.28 Å². The van der Waals surface area contributed by atoms with Crippen LogP contribution in [0.1, 0.15) is 36.9 Å². The minimum absolute atomic E-state index is 0.0604. The van der Waals surface area contributed by atoms with Crippen LogP contribution in [0.25, 0.3) is 0 Å². The Bertz CT molecular complexity index is 808. The van der Waals surface area contributed by atoms with Gasteiger partial charge < -0.3 is 10.4 Å². The number of rotatable bonds is 4. The molecule has 4 nitrogen and oxygen atoms in total. The van der Waals surface area contributed by atoms with Crippen LogP contribution in [-0.2, 0) is 11.8 Å². The van der Waals surface area contributed by atoms with Crippen molar-refractivity contribution in [2.24, 2.45) is 0 Å². The highest BCUT2D eigenvalue weighted by molar-refractivity contribution is 7.99. The van der Waals surface area contributed by atoms with Crippen molar-refractivity contribution in [3.63, 3.8) is 0 Å². The first kappa shape index (κ1) is 17.1. The maximum atomic E-state index is 14.7. The normalized spacial score (nSPS) is 18.4. The third-order valence-electron chi connectivity index (χ3n) is 5.16. The van der Waals surface area contributed by atoms with Crippen LogP contribution in [0.5, 0.6) is 0 Å². The van der Waals surface area contributed by atoms with Gasteiger partial charge in [0.1, 0.15) is 11.6 Å². The van der Waals surface area contributed by atoms with Gasteiger partial charge in [-0.1, -0.05) is 12.5 Å². The number of hydrogen-bond acceptors (Lipinski definition) is 5. The largest absolute Gasteiger partial charge is 0.395 e. The molecule has 0 bridgehead atoms.